The number of ether oxygens (including phenoxy) is 1. The molecule has 0 saturated carbocycles. The van der Waals surface area contributed by atoms with Crippen LogP contribution in [0.5, 0.6) is 11.5 Å². The standard InChI is InChI=1S/C23H18N2O3/c1-15-13-22(26)25-20-14-16(11-12-18(15)20)24-23(27)19-9-5-6-10-21(19)28-17-7-3-2-4-8-17/h2-14H,1H3,(H,24,27)(H,25,26). The van der Waals surface area contributed by atoms with Crippen LogP contribution in [0.1, 0.15) is 15.9 Å². The molecule has 0 saturated heterocycles. The predicted molar refractivity (Wildman–Crippen MR) is 110 cm³/mol. The number of benzene rings is 3. The number of amides is 1. The van der Waals surface area contributed by atoms with Gasteiger partial charge in [-0.25, -0.2) is 0 Å². The lowest BCUT2D eigenvalue weighted by atomic mass is 10.1. The molecule has 4 aromatic rings. The van der Waals surface area contributed by atoms with E-state index >= 15 is 0 Å². The van der Waals surface area contributed by atoms with E-state index in [1.807, 2.05) is 55.5 Å². The number of pyridine rings is 1. The molecule has 0 radical (unpaired) electrons. The number of fused-ring (bicyclic) bond motifs is 1. The van der Waals surface area contributed by atoms with Gasteiger partial charge in [0.15, 0.2) is 0 Å². The highest BCUT2D eigenvalue weighted by Crippen LogP contribution is 2.26. The summed E-state index contributed by atoms with van der Waals surface area (Å²) in [4.78, 5) is 27.3. The Morgan fingerprint density at radius 2 is 1.68 bits per heavy atom. The van der Waals surface area contributed by atoms with E-state index in [4.69, 9.17) is 4.74 Å². The number of carbonyl (C=O) groups excluding carboxylic acids is 1. The van der Waals surface area contributed by atoms with Crippen LogP contribution in [-0.2, 0) is 0 Å². The van der Waals surface area contributed by atoms with Crippen LogP contribution in [0, 0.1) is 6.92 Å². The van der Waals surface area contributed by atoms with Crippen molar-refractivity contribution in [1.82, 2.24) is 4.98 Å². The van der Waals surface area contributed by atoms with Gasteiger partial charge in [0.25, 0.3) is 5.91 Å². The zero-order valence-corrected chi connectivity index (χ0v) is 15.2. The van der Waals surface area contributed by atoms with Crippen molar-refractivity contribution in [2.45, 2.75) is 6.92 Å². The van der Waals surface area contributed by atoms with Crippen LogP contribution < -0.4 is 15.6 Å². The molecular weight excluding hydrogens is 352 g/mol. The first-order chi connectivity index (χ1) is 13.6. The number of carbonyl (C=O) groups is 1. The number of aromatic nitrogens is 1. The maximum Gasteiger partial charge on any atom is 0.259 e. The van der Waals surface area contributed by atoms with Gasteiger partial charge in [0.2, 0.25) is 5.56 Å². The van der Waals surface area contributed by atoms with Crippen molar-refractivity contribution in [2.24, 2.45) is 0 Å². The van der Waals surface area contributed by atoms with Crippen LogP contribution in [-0.4, -0.2) is 10.9 Å². The molecule has 28 heavy (non-hydrogen) atoms. The number of hydrogen-bond donors (Lipinski definition) is 2. The molecule has 0 unspecified atom stereocenters. The zero-order valence-electron chi connectivity index (χ0n) is 15.2. The number of anilines is 1. The molecule has 0 bridgehead atoms. The molecule has 1 aromatic heterocycles. The van der Waals surface area contributed by atoms with E-state index in [0.717, 1.165) is 10.9 Å². The first kappa shape index (κ1) is 17.5. The highest BCUT2D eigenvalue weighted by molar-refractivity contribution is 6.07. The number of aryl methyl sites for hydroxylation is 1. The second kappa shape index (κ2) is 7.40. The number of hydrogen-bond acceptors (Lipinski definition) is 3. The van der Waals surface area contributed by atoms with Gasteiger partial charge >= 0.3 is 0 Å². The van der Waals surface area contributed by atoms with Crippen molar-refractivity contribution < 1.29 is 9.53 Å². The summed E-state index contributed by atoms with van der Waals surface area (Å²) >= 11 is 0. The summed E-state index contributed by atoms with van der Waals surface area (Å²) in [5.41, 5.74) is 2.40. The fraction of sp³-hybridized carbons (Fsp3) is 0.0435. The molecule has 0 aliphatic heterocycles. The molecule has 0 aliphatic carbocycles. The predicted octanol–water partition coefficient (Wildman–Crippen LogP) is 4.88. The summed E-state index contributed by atoms with van der Waals surface area (Å²) < 4.78 is 5.86. The minimum absolute atomic E-state index is 0.171. The average Bonchev–Trinajstić information content (AvgIpc) is 2.68. The summed E-state index contributed by atoms with van der Waals surface area (Å²) in [6, 6.07) is 23.4. The third-order valence-electron chi connectivity index (χ3n) is 4.41. The Kier molecular flexibility index (Phi) is 4.64. The lowest BCUT2D eigenvalue weighted by molar-refractivity contribution is 0.102. The maximum atomic E-state index is 12.8. The van der Waals surface area contributed by atoms with E-state index in [2.05, 4.69) is 10.3 Å². The minimum Gasteiger partial charge on any atom is -0.457 e. The smallest absolute Gasteiger partial charge is 0.259 e. The first-order valence-corrected chi connectivity index (χ1v) is 8.87. The molecule has 4 rings (SSSR count). The van der Waals surface area contributed by atoms with Gasteiger partial charge in [-0.15, -0.1) is 0 Å². The van der Waals surface area contributed by atoms with E-state index in [1.165, 1.54) is 0 Å². The van der Waals surface area contributed by atoms with E-state index in [0.29, 0.717) is 28.3 Å². The number of aromatic amines is 1. The van der Waals surface area contributed by atoms with Crippen molar-refractivity contribution in [1.29, 1.82) is 0 Å². The molecule has 0 spiro atoms. The van der Waals surface area contributed by atoms with Gasteiger partial charge in [0.05, 0.1) is 11.1 Å². The Labute approximate surface area is 161 Å². The molecule has 5 nitrogen and oxygen atoms in total. The van der Waals surface area contributed by atoms with Crippen molar-refractivity contribution >= 4 is 22.5 Å². The van der Waals surface area contributed by atoms with E-state index in [-0.39, 0.29) is 11.5 Å². The summed E-state index contributed by atoms with van der Waals surface area (Å²) in [6.07, 6.45) is 0. The molecule has 138 valence electrons. The highest BCUT2D eigenvalue weighted by atomic mass is 16.5. The molecule has 1 heterocycles. The van der Waals surface area contributed by atoms with Crippen LogP contribution in [0.3, 0.4) is 0 Å². The molecule has 0 fully saturated rings. The fourth-order valence-electron chi connectivity index (χ4n) is 3.07. The molecule has 3 aromatic carbocycles. The van der Waals surface area contributed by atoms with Gasteiger partial charge in [0, 0.05) is 17.1 Å². The van der Waals surface area contributed by atoms with Gasteiger partial charge in [0.1, 0.15) is 11.5 Å². The van der Waals surface area contributed by atoms with Crippen molar-refractivity contribution in [3.8, 4) is 11.5 Å². The Hall–Kier alpha value is -3.86. The van der Waals surface area contributed by atoms with Crippen LogP contribution in [0.15, 0.2) is 83.7 Å². The molecule has 0 aliphatic rings. The monoisotopic (exact) mass is 370 g/mol. The molecule has 5 heteroatoms. The lowest BCUT2D eigenvalue weighted by Gasteiger charge is -2.12. The minimum atomic E-state index is -0.291. The largest absolute Gasteiger partial charge is 0.457 e. The number of H-pyrrole nitrogens is 1. The average molecular weight is 370 g/mol. The summed E-state index contributed by atoms with van der Waals surface area (Å²) in [5, 5.41) is 3.81. The third kappa shape index (κ3) is 3.64. The number of rotatable bonds is 4. The van der Waals surface area contributed by atoms with E-state index in [9.17, 15) is 9.59 Å². The zero-order chi connectivity index (χ0) is 19.5. The summed E-state index contributed by atoms with van der Waals surface area (Å²) in [5.74, 6) is 0.832. The summed E-state index contributed by atoms with van der Waals surface area (Å²) in [7, 11) is 0. The van der Waals surface area contributed by atoms with E-state index < -0.39 is 0 Å². The van der Waals surface area contributed by atoms with Crippen LogP contribution in [0.4, 0.5) is 5.69 Å². The Bertz CT molecular complexity index is 1210. The van der Waals surface area contributed by atoms with Gasteiger partial charge < -0.3 is 15.0 Å². The van der Waals surface area contributed by atoms with Gasteiger partial charge in [-0.2, -0.15) is 0 Å². The van der Waals surface area contributed by atoms with Gasteiger partial charge in [-0.3, -0.25) is 9.59 Å². The fourth-order valence-corrected chi connectivity index (χ4v) is 3.07. The van der Waals surface area contributed by atoms with Crippen molar-refractivity contribution in [3.05, 3.63) is 100 Å². The van der Waals surface area contributed by atoms with Crippen molar-refractivity contribution in [3.63, 3.8) is 0 Å². The molecule has 2 N–H and O–H groups in total. The molecular formula is C23H18N2O3. The SMILES string of the molecule is Cc1cc(=O)[nH]c2cc(NC(=O)c3ccccc3Oc3ccccc3)ccc12. The Balaban J connectivity index is 1.62. The second-order valence-corrected chi connectivity index (χ2v) is 6.44. The lowest BCUT2D eigenvalue weighted by Crippen LogP contribution is -2.13. The highest BCUT2D eigenvalue weighted by Gasteiger charge is 2.13. The molecule has 1 amide bonds. The Morgan fingerprint density at radius 3 is 2.50 bits per heavy atom. The molecule has 0 atom stereocenters. The normalized spacial score (nSPS) is 10.6. The van der Waals surface area contributed by atoms with Crippen molar-refractivity contribution in [2.75, 3.05) is 5.32 Å². The van der Waals surface area contributed by atoms with Gasteiger partial charge in [-0.05, 0) is 48.9 Å². The Morgan fingerprint density at radius 1 is 0.929 bits per heavy atom. The van der Waals surface area contributed by atoms with Gasteiger partial charge in [-0.1, -0.05) is 36.4 Å². The van der Waals surface area contributed by atoms with Crippen LogP contribution in [0.25, 0.3) is 10.9 Å². The first-order valence-electron chi connectivity index (χ1n) is 8.87. The second-order valence-electron chi connectivity index (χ2n) is 6.44. The number of para-hydroxylation sites is 2. The third-order valence-corrected chi connectivity index (χ3v) is 4.41. The summed E-state index contributed by atoms with van der Waals surface area (Å²) in [6.45, 7) is 1.88. The van der Waals surface area contributed by atoms with E-state index in [1.54, 1.807) is 30.3 Å². The maximum absolute atomic E-state index is 12.8. The van der Waals surface area contributed by atoms with Crippen LogP contribution >= 0.6 is 0 Å². The number of nitrogens with one attached hydrogen (secondary N) is 2. The van der Waals surface area contributed by atoms with Crippen LogP contribution in [0.2, 0.25) is 0 Å². The topological polar surface area (TPSA) is 71.2 Å². The quantitative estimate of drug-likeness (QED) is 0.538.